The van der Waals surface area contributed by atoms with E-state index in [4.69, 9.17) is 4.74 Å². The van der Waals surface area contributed by atoms with Gasteiger partial charge in [-0.25, -0.2) is 0 Å². The summed E-state index contributed by atoms with van der Waals surface area (Å²) in [5.41, 5.74) is 0. The van der Waals surface area contributed by atoms with Crippen LogP contribution >= 0.6 is 0 Å². The number of hydrogen-bond acceptors (Lipinski definition) is 2. The summed E-state index contributed by atoms with van der Waals surface area (Å²) in [5.74, 6) is 1.08. The Hall–Kier alpha value is -0.790. The van der Waals surface area contributed by atoms with Crippen molar-refractivity contribution in [2.24, 2.45) is 5.92 Å². The molecule has 2 heteroatoms. The highest BCUT2D eigenvalue weighted by atomic mass is 16.5. The number of carbonyl (C=O) groups excluding carboxylic acids is 1. The predicted molar refractivity (Wildman–Crippen MR) is 42.9 cm³/mol. The van der Waals surface area contributed by atoms with Gasteiger partial charge in [0, 0.05) is 12.8 Å². The van der Waals surface area contributed by atoms with Crippen LogP contribution in [-0.4, -0.2) is 5.97 Å². The number of ether oxygens (including phenoxy) is 1. The largest absolute Gasteiger partial charge is 0.431 e. The third-order valence-electron chi connectivity index (χ3n) is 1.93. The molecule has 0 N–H and O–H groups in total. The van der Waals surface area contributed by atoms with Gasteiger partial charge in [-0.1, -0.05) is 6.92 Å². The van der Waals surface area contributed by atoms with Crippen LogP contribution in [0.15, 0.2) is 11.8 Å². The first-order chi connectivity index (χ1) is 5.20. The lowest BCUT2D eigenvalue weighted by atomic mass is 9.96. The van der Waals surface area contributed by atoms with Crippen molar-refractivity contribution in [1.82, 2.24) is 0 Å². The van der Waals surface area contributed by atoms with Gasteiger partial charge in [-0.15, -0.1) is 0 Å². The zero-order valence-corrected chi connectivity index (χ0v) is 7.09. The van der Waals surface area contributed by atoms with Gasteiger partial charge < -0.3 is 4.74 Å². The Balaban J connectivity index is 2.53. The van der Waals surface area contributed by atoms with Crippen molar-refractivity contribution in [1.29, 1.82) is 0 Å². The van der Waals surface area contributed by atoms with E-state index in [2.05, 4.69) is 6.92 Å². The summed E-state index contributed by atoms with van der Waals surface area (Å²) in [7, 11) is 0. The summed E-state index contributed by atoms with van der Waals surface area (Å²) >= 11 is 0. The third-order valence-corrected chi connectivity index (χ3v) is 1.93. The van der Waals surface area contributed by atoms with E-state index >= 15 is 0 Å². The molecule has 0 fully saturated rings. The van der Waals surface area contributed by atoms with E-state index in [-0.39, 0.29) is 5.97 Å². The van der Waals surface area contributed by atoms with Gasteiger partial charge in [0.15, 0.2) is 0 Å². The molecule has 0 radical (unpaired) electrons. The van der Waals surface area contributed by atoms with Crippen LogP contribution in [-0.2, 0) is 9.53 Å². The fraction of sp³-hybridized carbons (Fsp3) is 0.667. The van der Waals surface area contributed by atoms with Crippen molar-refractivity contribution >= 4 is 5.97 Å². The highest BCUT2D eigenvalue weighted by molar-refractivity contribution is 5.67. The van der Waals surface area contributed by atoms with Crippen molar-refractivity contribution in [3.63, 3.8) is 0 Å². The third kappa shape index (κ3) is 2.37. The Labute approximate surface area is 67.2 Å². The molecule has 0 spiro atoms. The Morgan fingerprint density at radius 1 is 1.73 bits per heavy atom. The first kappa shape index (κ1) is 8.31. The van der Waals surface area contributed by atoms with Crippen LogP contribution in [0.3, 0.4) is 0 Å². The lowest BCUT2D eigenvalue weighted by Gasteiger charge is -2.18. The minimum absolute atomic E-state index is 0.204. The second-order valence-corrected chi connectivity index (χ2v) is 3.03. The highest BCUT2D eigenvalue weighted by Crippen LogP contribution is 2.24. The summed E-state index contributed by atoms with van der Waals surface area (Å²) in [4.78, 5) is 10.6. The first-order valence-corrected chi connectivity index (χ1v) is 4.08. The smallest absolute Gasteiger partial charge is 0.307 e. The molecular formula is C9H14O2. The quantitative estimate of drug-likeness (QED) is 0.541. The SMILES string of the molecule is CC(=O)OC1=CCCCC1C. The predicted octanol–water partition coefficient (Wildman–Crippen LogP) is 2.25. The summed E-state index contributed by atoms with van der Waals surface area (Å²) in [6.07, 6.45) is 5.42. The van der Waals surface area contributed by atoms with E-state index in [0.29, 0.717) is 5.92 Å². The van der Waals surface area contributed by atoms with Crippen molar-refractivity contribution in [2.75, 3.05) is 0 Å². The van der Waals surface area contributed by atoms with Gasteiger partial charge in [-0.2, -0.15) is 0 Å². The lowest BCUT2D eigenvalue weighted by molar-refractivity contribution is -0.137. The minimum atomic E-state index is -0.204. The maximum absolute atomic E-state index is 10.6. The molecule has 62 valence electrons. The zero-order chi connectivity index (χ0) is 8.27. The maximum atomic E-state index is 10.6. The molecule has 0 aromatic carbocycles. The standard InChI is InChI=1S/C9H14O2/c1-7-5-3-4-6-9(7)11-8(2)10/h6-7H,3-5H2,1-2H3. The Morgan fingerprint density at radius 3 is 3.00 bits per heavy atom. The van der Waals surface area contributed by atoms with E-state index in [1.54, 1.807) is 0 Å². The van der Waals surface area contributed by atoms with Crippen LogP contribution in [0.25, 0.3) is 0 Å². The number of allylic oxidation sites excluding steroid dienone is 2. The zero-order valence-electron chi connectivity index (χ0n) is 7.09. The fourth-order valence-corrected chi connectivity index (χ4v) is 1.32. The van der Waals surface area contributed by atoms with Crippen molar-refractivity contribution in [3.05, 3.63) is 11.8 Å². The molecular weight excluding hydrogens is 140 g/mol. The van der Waals surface area contributed by atoms with Crippen LogP contribution in [0.1, 0.15) is 33.1 Å². The van der Waals surface area contributed by atoms with Crippen LogP contribution in [0.2, 0.25) is 0 Å². The molecule has 0 saturated heterocycles. The molecule has 1 rings (SSSR count). The van der Waals surface area contributed by atoms with E-state index in [1.165, 1.54) is 13.3 Å². The van der Waals surface area contributed by atoms with Crippen molar-refractivity contribution in [3.8, 4) is 0 Å². The lowest BCUT2D eigenvalue weighted by Crippen LogP contribution is -2.10. The molecule has 1 aliphatic carbocycles. The molecule has 1 unspecified atom stereocenters. The topological polar surface area (TPSA) is 26.3 Å². The summed E-state index contributed by atoms with van der Waals surface area (Å²) < 4.78 is 5.03. The summed E-state index contributed by atoms with van der Waals surface area (Å²) in [5, 5.41) is 0. The van der Waals surface area contributed by atoms with Gasteiger partial charge in [-0.05, 0) is 25.3 Å². The molecule has 0 aromatic rings. The van der Waals surface area contributed by atoms with E-state index in [0.717, 1.165) is 18.6 Å². The van der Waals surface area contributed by atoms with Crippen LogP contribution < -0.4 is 0 Å². The monoisotopic (exact) mass is 154 g/mol. The van der Waals surface area contributed by atoms with E-state index in [1.807, 2.05) is 6.08 Å². The van der Waals surface area contributed by atoms with E-state index < -0.39 is 0 Å². The second-order valence-electron chi connectivity index (χ2n) is 3.03. The van der Waals surface area contributed by atoms with Crippen molar-refractivity contribution in [2.45, 2.75) is 33.1 Å². The van der Waals surface area contributed by atoms with Crippen LogP contribution in [0.5, 0.6) is 0 Å². The molecule has 0 aromatic heterocycles. The number of rotatable bonds is 1. The molecule has 0 heterocycles. The molecule has 0 bridgehead atoms. The summed E-state index contributed by atoms with van der Waals surface area (Å²) in [6.45, 7) is 3.54. The number of hydrogen-bond donors (Lipinski definition) is 0. The van der Waals surface area contributed by atoms with Crippen molar-refractivity contribution < 1.29 is 9.53 Å². The van der Waals surface area contributed by atoms with Crippen LogP contribution in [0.4, 0.5) is 0 Å². The Kier molecular flexibility index (Phi) is 2.69. The molecule has 1 atom stereocenters. The van der Waals surface area contributed by atoms with Gasteiger partial charge >= 0.3 is 5.97 Å². The molecule has 11 heavy (non-hydrogen) atoms. The number of esters is 1. The Bertz CT molecular complexity index is 182. The van der Waals surface area contributed by atoms with Gasteiger partial charge in [0.05, 0.1) is 0 Å². The molecule has 0 aliphatic heterocycles. The molecule has 2 nitrogen and oxygen atoms in total. The first-order valence-electron chi connectivity index (χ1n) is 4.08. The second kappa shape index (κ2) is 3.56. The van der Waals surface area contributed by atoms with Gasteiger partial charge in [-0.3, -0.25) is 4.79 Å². The van der Waals surface area contributed by atoms with Gasteiger partial charge in [0.25, 0.3) is 0 Å². The average Bonchev–Trinajstić information content (AvgIpc) is 1.93. The highest BCUT2D eigenvalue weighted by Gasteiger charge is 2.15. The molecule has 1 aliphatic rings. The number of carbonyl (C=O) groups is 1. The normalized spacial score (nSPS) is 24.2. The maximum Gasteiger partial charge on any atom is 0.307 e. The minimum Gasteiger partial charge on any atom is -0.431 e. The van der Waals surface area contributed by atoms with E-state index in [9.17, 15) is 4.79 Å². The van der Waals surface area contributed by atoms with Gasteiger partial charge in [0.2, 0.25) is 0 Å². The molecule has 0 amide bonds. The Morgan fingerprint density at radius 2 is 2.45 bits per heavy atom. The average molecular weight is 154 g/mol. The molecule has 0 saturated carbocycles. The van der Waals surface area contributed by atoms with Gasteiger partial charge in [0.1, 0.15) is 5.76 Å². The fourth-order valence-electron chi connectivity index (χ4n) is 1.32. The summed E-state index contributed by atoms with van der Waals surface area (Å²) in [6, 6.07) is 0. The van der Waals surface area contributed by atoms with Crippen LogP contribution in [0, 0.1) is 5.92 Å².